The molecular formula is C27H24Cl3F3N2O2. The van der Waals surface area contributed by atoms with Crippen LogP contribution in [0.4, 0.5) is 13.2 Å². The number of benzene rings is 3. The monoisotopic (exact) mass is 570 g/mol. The fourth-order valence-corrected chi connectivity index (χ4v) is 4.83. The van der Waals surface area contributed by atoms with Gasteiger partial charge < -0.3 is 9.64 Å². The van der Waals surface area contributed by atoms with E-state index in [9.17, 15) is 18.0 Å². The number of carbonyl (C=O) groups excluding carboxylic acids is 1. The molecule has 4 rings (SSSR count). The lowest BCUT2D eigenvalue weighted by Crippen LogP contribution is -2.49. The van der Waals surface area contributed by atoms with Crippen LogP contribution in [0.25, 0.3) is 0 Å². The molecule has 0 aliphatic carbocycles. The maximum absolute atomic E-state index is 13.0. The van der Waals surface area contributed by atoms with E-state index >= 15 is 0 Å². The van der Waals surface area contributed by atoms with Crippen molar-refractivity contribution in [1.82, 2.24) is 9.80 Å². The molecule has 1 atom stereocenters. The van der Waals surface area contributed by atoms with Crippen LogP contribution < -0.4 is 0 Å². The molecule has 3 aromatic rings. The quantitative estimate of drug-likeness (QED) is 0.297. The molecule has 0 aromatic heterocycles. The van der Waals surface area contributed by atoms with Crippen molar-refractivity contribution >= 4 is 40.7 Å². The summed E-state index contributed by atoms with van der Waals surface area (Å²) < 4.78 is 44.8. The molecule has 0 bridgehead atoms. The number of amides is 1. The van der Waals surface area contributed by atoms with Gasteiger partial charge in [0.2, 0.25) is 0 Å². The molecule has 1 aliphatic rings. The fraction of sp³-hybridized carbons (Fsp3) is 0.296. The number of ether oxygens (including phenoxy) is 1. The first-order chi connectivity index (χ1) is 17.6. The summed E-state index contributed by atoms with van der Waals surface area (Å²) in [6.45, 7) is 2.90. The molecule has 0 saturated carbocycles. The number of nitrogens with zero attached hydrogens (tertiary/aromatic N) is 2. The molecule has 0 N–H and O–H groups in total. The van der Waals surface area contributed by atoms with Crippen LogP contribution in [0.5, 0.6) is 0 Å². The van der Waals surface area contributed by atoms with Crippen molar-refractivity contribution in [3.05, 3.63) is 104 Å². The van der Waals surface area contributed by atoms with E-state index in [2.05, 4.69) is 4.90 Å². The van der Waals surface area contributed by atoms with E-state index in [4.69, 9.17) is 39.5 Å². The van der Waals surface area contributed by atoms with Crippen LogP contribution >= 0.6 is 34.8 Å². The molecule has 10 heteroatoms. The smallest absolute Gasteiger partial charge is 0.368 e. The number of hydrogen-bond acceptors (Lipinski definition) is 3. The first-order valence-corrected chi connectivity index (χ1v) is 12.7. The van der Waals surface area contributed by atoms with Gasteiger partial charge in [-0.2, -0.15) is 13.2 Å². The summed E-state index contributed by atoms with van der Waals surface area (Å²) in [6.07, 6.45) is -4.73. The molecule has 1 aliphatic heterocycles. The molecule has 0 spiro atoms. The third kappa shape index (κ3) is 7.18. The minimum Gasteiger partial charge on any atom is -0.368 e. The van der Waals surface area contributed by atoms with Crippen molar-refractivity contribution in [2.75, 3.05) is 32.7 Å². The zero-order chi connectivity index (χ0) is 26.6. The van der Waals surface area contributed by atoms with Gasteiger partial charge in [0.05, 0.1) is 33.9 Å². The predicted molar refractivity (Wildman–Crippen MR) is 139 cm³/mol. The van der Waals surface area contributed by atoms with Gasteiger partial charge in [0, 0.05) is 37.7 Å². The van der Waals surface area contributed by atoms with Crippen LogP contribution in [0.1, 0.15) is 33.2 Å². The fourth-order valence-electron chi connectivity index (χ4n) is 4.15. The number of rotatable bonds is 7. The molecule has 0 radical (unpaired) electrons. The Labute approximate surface area is 228 Å². The maximum atomic E-state index is 13.0. The highest BCUT2D eigenvalue weighted by Crippen LogP contribution is 2.30. The van der Waals surface area contributed by atoms with E-state index in [-0.39, 0.29) is 18.6 Å². The zero-order valence-corrected chi connectivity index (χ0v) is 21.9. The molecule has 1 amide bonds. The van der Waals surface area contributed by atoms with Crippen LogP contribution in [0, 0.1) is 0 Å². The third-order valence-corrected chi connectivity index (χ3v) is 7.12. The molecule has 196 valence electrons. The lowest BCUT2D eigenvalue weighted by molar-refractivity contribution is -0.137. The SMILES string of the molecule is O=C(c1c(Cl)cccc1Cl)N1CCN(C[C@@H](OCc2ccc(C(F)(F)F)cc2)c2ccc(Cl)cc2)CC1. The lowest BCUT2D eigenvalue weighted by atomic mass is 10.1. The Morgan fingerprint density at radius 3 is 2.03 bits per heavy atom. The van der Waals surface area contributed by atoms with Gasteiger partial charge in [-0.1, -0.05) is 65.1 Å². The Hall–Kier alpha value is -2.29. The van der Waals surface area contributed by atoms with E-state index in [1.54, 1.807) is 35.2 Å². The predicted octanol–water partition coefficient (Wildman–Crippen LogP) is 7.38. The van der Waals surface area contributed by atoms with E-state index in [1.807, 2.05) is 12.1 Å². The average molecular weight is 572 g/mol. The van der Waals surface area contributed by atoms with Crippen LogP contribution in [-0.2, 0) is 17.5 Å². The summed E-state index contributed by atoms with van der Waals surface area (Å²) in [5.74, 6) is -0.206. The Morgan fingerprint density at radius 2 is 1.46 bits per heavy atom. The van der Waals surface area contributed by atoms with Gasteiger partial charge in [-0.15, -0.1) is 0 Å². The van der Waals surface area contributed by atoms with E-state index in [1.165, 1.54) is 12.1 Å². The van der Waals surface area contributed by atoms with Crippen molar-refractivity contribution in [3.8, 4) is 0 Å². The van der Waals surface area contributed by atoms with Crippen LogP contribution in [0.3, 0.4) is 0 Å². The topological polar surface area (TPSA) is 32.8 Å². The Bertz CT molecular complexity index is 1190. The number of halogens is 6. The van der Waals surface area contributed by atoms with Gasteiger partial charge in [-0.25, -0.2) is 0 Å². The number of hydrogen-bond donors (Lipinski definition) is 0. The second-order valence-corrected chi connectivity index (χ2v) is 9.99. The molecule has 3 aromatic carbocycles. The largest absolute Gasteiger partial charge is 0.416 e. The highest BCUT2D eigenvalue weighted by Gasteiger charge is 2.30. The van der Waals surface area contributed by atoms with Crippen LogP contribution in [-0.4, -0.2) is 48.4 Å². The molecule has 37 heavy (non-hydrogen) atoms. The van der Waals surface area contributed by atoms with Gasteiger partial charge in [0.25, 0.3) is 5.91 Å². The number of piperazine rings is 1. The lowest BCUT2D eigenvalue weighted by Gasteiger charge is -2.36. The third-order valence-electron chi connectivity index (χ3n) is 6.23. The average Bonchev–Trinajstić information content (AvgIpc) is 2.87. The standard InChI is InChI=1S/C27H24Cl3F3N2O2/c28-21-10-6-19(7-11-21)24(37-17-18-4-8-20(9-5-18)27(31,32)33)16-34-12-14-35(15-13-34)26(36)25-22(29)2-1-3-23(25)30/h1-11,24H,12-17H2/t24-/m1/s1. The van der Waals surface area contributed by atoms with Crippen molar-refractivity contribution < 1.29 is 22.7 Å². The summed E-state index contributed by atoms with van der Waals surface area (Å²) in [7, 11) is 0. The summed E-state index contributed by atoms with van der Waals surface area (Å²) >= 11 is 18.5. The summed E-state index contributed by atoms with van der Waals surface area (Å²) in [6, 6.07) is 17.2. The molecule has 1 fully saturated rings. The summed E-state index contributed by atoms with van der Waals surface area (Å²) in [5, 5.41) is 1.23. The van der Waals surface area contributed by atoms with Gasteiger partial charge in [-0.3, -0.25) is 9.69 Å². The molecule has 0 unspecified atom stereocenters. The highest BCUT2D eigenvalue weighted by atomic mass is 35.5. The van der Waals surface area contributed by atoms with E-state index < -0.39 is 11.7 Å². The van der Waals surface area contributed by atoms with E-state index in [0.717, 1.165) is 17.7 Å². The summed E-state index contributed by atoms with van der Waals surface area (Å²) in [5.41, 5.74) is 1.14. The second-order valence-electron chi connectivity index (χ2n) is 8.74. The van der Waals surface area contributed by atoms with Crippen molar-refractivity contribution in [1.29, 1.82) is 0 Å². The molecule has 1 saturated heterocycles. The Morgan fingerprint density at radius 1 is 0.865 bits per heavy atom. The van der Waals surface area contributed by atoms with Crippen molar-refractivity contribution in [2.45, 2.75) is 18.9 Å². The van der Waals surface area contributed by atoms with Crippen molar-refractivity contribution in [2.24, 2.45) is 0 Å². The van der Waals surface area contributed by atoms with Crippen LogP contribution in [0.15, 0.2) is 66.7 Å². The van der Waals surface area contributed by atoms with Crippen molar-refractivity contribution in [3.63, 3.8) is 0 Å². The van der Waals surface area contributed by atoms with Gasteiger partial charge in [0.15, 0.2) is 0 Å². The first kappa shape index (κ1) is 27.7. The first-order valence-electron chi connectivity index (χ1n) is 11.6. The normalized spacial score (nSPS) is 15.6. The van der Waals surface area contributed by atoms with Crippen LogP contribution in [0.2, 0.25) is 15.1 Å². The van der Waals surface area contributed by atoms with Gasteiger partial charge in [-0.05, 0) is 47.5 Å². The van der Waals surface area contributed by atoms with Gasteiger partial charge >= 0.3 is 6.18 Å². The second kappa shape index (κ2) is 12.0. The van der Waals surface area contributed by atoms with E-state index in [0.29, 0.717) is 58.9 Å². The molecule has 1 heterocycles. The highest BCUT2D eigenvalue weighted by molar-refractivity contribution is 6.39. The Balaban J connectivity index is 1.40. The summed E-state index contributed by atoms with van der Waals surface area (Å²) in [4.78, 5) is 16.9. The number of carbonyl (C=O) groups is 1. The number of alkyl halides is 3. The van der Waals surface area contributed by atoms with Gasteiger partial charge in [0.1, 0.15) is 0 Å². The minimum atomic E-state index is -4.38. The molecule has 4 nitrogen and oxygen atoms in total. The Kier molecular flexibility index (Phi) is 9.03. The molecular weight excluding hydrogens is 548 g/mol. The minimum absolute atomic E-state index is 0.148. The maximum Gasteiger partial charge on any atom is 0.416 e. The zero-order valence-electron chi connectivity index (χ0n) is 19.6.